The van der Waals surface area contributed by atoms with Crippen LogP contribution in [0.15, 0.2) is 12.2 Å². The van der Waals surface area contributed by atoms with Crippen LogP contribution in [0.3, 0.4) is 0 Å². The molecule has 0 heterocycles. The molecule has 0 aliphatic heterocycles. The van der Waals surface area contributed by atoms with Gasteiger partial charge in [0.25, 0.3) is 0 Å². The van der Waals surface area contributed by atoms with E-state index in [9.17, 15) is 0 Å². The highest BCUT2D eigenvalue weighted by molar-refractivity contribution is 5.02. The lowest BCUT2D eigenvalue weighted by Crippen LogP contribution is -2.54. The molecule has 0 aromatic carbocycles. The summed E-state index contributed by atoms with van der Waals surface area (Å²) in [6.45, 7) is 0.809. The van der Waals surface area contributed by atoms with Gasteiger partial charge in [-0.2, -0.15) is 0 Å². The molecule has 0 atom stereocenters. The fraction of sp³-hybridized carbons (Fsp3) is 0.889. The summed E-state index contributed by atoms with van der Waals surface area (Å²) in [5, 5.41) is 3.95. The molecule has 0 aromatic rings. The number of nitrogens with one attached hydrogen (secondary N) is 1. The highest BCUT2D eigenvalue weighted by Crippen LogP contribution is 2.26. The van der Waals surface area contributed by atoms with Crippen molar-refractivity contribution in [3.8, 4) is 0 Å². The van der Waals surface area contributed by atoms with E-state index in [1.165, 1.54) is 83.5 Å². The molecule has 0 bridgehead atoms. The van der Waals surface area contributed by atoms with Gasteiger partial charge in [-0.1, -0.05) is 69.9 Å². The molecule has 2 nitrogen and oxygen atoms in total. The van der Waals surface area contributed by atoms with Gasteiger partial charge in [-0.05, 0) is 25.7 Å². The Kier molecular flexibility index (Phi) is 7.09. The van der Waals surface area contributed by atoms with Crippen LogP contribution in [0.25, 0.3) is 0 Å². The monoisotopic (exact) mass is 278 g/mol. The van der Waals surface area contributed by atoms with E-state index in [1.807, 2.05) is 0 Å². The summed E-state index contributed by atoms with van der Waals surface area (Å²) >= 11 is 0. The van der Waals surface area contributed by atoms with Crippen molar-refractivity contribution in [2.45, 2.75) is 95.1 Å². The molecular formula is C18H34N2. The predicted octanol–water partition coefficient (Wildman–Crippen LogP) is 4.30. The van der Waals surface area contributed by atoms with Crippen molar-refractivity contribution in [1.82, 2.24) is 5.32 Å². The minimum Gasteiger partial charge on any atom is -0.329 e. The summed E-state index contributed by atoms with van der Waals surface area (Å²) in [5.41, 5.74) is 6.43. The third kappa shape index (κ3) is 5.21. The Bertz CT molecular complexity index is 265. The Morgan fingerprint density at radius 1 is 0.800 bits per heavy atom. The lowest BCUT2D eigenvalue weighted by Gasteiger charge is -2.37. The number of nitrogens with two attached hydrogens (primary N) is 1. The Morgan fingerprint density at radius 2 is 1.25 bits per heavy atom. The quantitative estimate of drug-likeness (QED) is 0.756. The van der Waals surface area contributed by atoms with Gasteiger partial charge in [-0.25, -0.2) is 0 Å². The third-order valence-electron chi connectivity index (χ3n) is 5.22. The van der Waals surface area contributed by atoms with Gasteiger partial charge < -0.3 is 11.1 Å². The van der Waals surface area contributed by atoms with E-state index in [1.54, 1.807) is 0 Å². The summed E-state index contributed by atoms with van der Waals surface area (Å²) in [4.78, 5) is 0. The molecule has 1 fully saturated rings. The van der Waals surface area contributed by atoms with Crippen LogP contribution in [0.4, 0.5) is 0 Å². The Labute approximate surface area is 125 Å². The van der Waals surface area contributed by atoms with Crippen molar-refractivity contribution in [1.29, 1.82) is 0 Å². The van der Waals surface area contributed by atoms with Crippen LogP contribution in [-0.2, 0) is 0 Å². The Hall–Kier alpha value is -0.340. The van der Waals surface area contributed by atoms with Gasteiger partial charge in [0.1, 0.15) is 0 Å². The summed E-state index contributed by atoms with van der Waals surface area (Å²) in [6, 6.07) is 0.645. The van der Waals surface area contributed by atoms with E-state index < -0.39 is 0 Å². The topological polar surface area (TPSA) is 38.0 Å². The fourth-order valence-electron chi connectivity index (χ4n) is 3.86. The summed E-state index contributed by atoms with van der Waals surface area (Å²) in [6.07, 6.45) is 22.3. The molecule has 20 heavy (non-hydrogen) atoms. The molecule has 2 aliphatic carbocycles. The van der Waals surface area contributed by atoms with E-state index in [0.717, 1.165) is 6.54 Å². The average Bonchev–Trinajstić information content (AvgIpc) is 2.95. The average molecular weight is 278 g/mol. The van der Waals surface area contributed by atoms with Crippen LogP contribution in [0.2, 0.25) is 0 Å². The first-order chi connectivity index (χ1) is 9.85. The van der Waals surface area contributed by atoms with Gasteiger partial charge in [0.15, 0.2) is 0 Å². The molecule has 2 aliphatic rings. The Balaban J connectivity index is 1.89. The number of hydrogen-bond acceptors (Lipinski definition) is 2. The van der Waals surface area contributed by atoms with Gasteiger partial charge in [-0.3, -0.25) is 0 Å². The van der Waals surface area contributed by atoms with E-state index in [4.69, 9.17) is 5.73 Å². The van der Waals surface area contributed by atoms with Crippen molar-refractivity contribution in [3.63, 3.8) is 0 Å². The van der Waals surface area contributed by atoms with Crippen LogP contribution in [0.5, 0.6) is 0 Å². The highest BCUT2D eigenvalue weighted by Gasteiger charge is 2.30. The molecule has 0 aromatic heterocycles. The van der Waals surface area contributed by atoms with Crippen molar-refractivity contribution in [2.75, 3.05) is 6.54 Å². The smallest absolute Gasteiger partial charge is 0.0306 e. The standard InChI is InChI=1S/C18H34N2/c19-16-18(20-17-12-8-9-13-17)14-10-6-4-2-1-3-5-7-11-15-18/h8-9,17,20H,1-7,10-16,19H2. The van der Waals surface area contributed by atoms with E-state index in [0.29, 0.717) is 6.04 Å². The third-order valence-corrected chi connectivity index (χ3v) is 5.22. The van der Waals surface area contributed by atoms with Gasteiger partial charge in [0.05, 0.1) is 0 Å². The molecular weight excluding hydrogens is 244 g/mol. The zero-order valence-electron chi connectivity index (χ0n) is 13.2. The van der Waals surface area contributed by atoms with Crippen LogP contribution in [-0.4, -0.2) is 18.1 Å². The summed E-state index contributed by atoms with van der Waals surface area (Å²) in [7, 11) is 0. The number of hydrogen-bond donors (Lipinski definition) is 2. The van der Waals surface area contributed by atoms with Gasteiger partial charge in [0.2, 0.25) is 0 Å². The second-order valence-electron chi connectivity index (χ2n) is 6.95. The lowest BCUT2D eigenvalue weighted by atomic mass is 9.84. The van der Waals surface area contributed by atoms with Gasteiger partial charge in [0, 0.05) is 18.1 Å². The van der Waals surface area contributed by atoms with E-state index in [-0.39, 0.29) is 5.54 Å². The minimum atomic E-state index is 0.218. The van der Waals surface area contributed by atoms with Crippen LogP contribution >= 0.6 is 0 Å². The molecule has 0 amide bonds. The highest BCUT2D eigenvalue weighted by atomic mass is 15.0. The van der Waals surface area contributed by atoms with Crippen LogP contribution in [0.1, 0.15) is 83.5 Å². The lowest BCUT2D eigenvalue weighted by molar-refractivity contribution is 0.240. The molecule has 0 unspecified atom stereocenters. The maximum atomic E-state index is 6.21. The van der Waals surface area contributed by atoms with Crippen molar-refractivity contribution >= 4 is 0 Å². The molecule has 0 radical (unpaired) electrons. The molecule has 2 rings (SSSR count). The first kappa shape index (κ1) is 16.0. The molecule has 116 valence electrons. The van der Waals surface area contributed by atoms with E-state index in [2.05, 4.69) is 17.5 Å². The number of rotatable bonds is 3. The molecule has 2 heteroatoms. The molecule has 0 spiro atoms. The molecule has 1 saturated carbocycles. The van der Waals surface area contributed by atoms with Crippen molar-refractivity contribution < 1.29 is 0 Å². The van der Waals surface area contributed by atoms with Crippen molar-refractivity contribution in [3.05, 3.63) is 12.2 Å². The summed E-state index contributed by atoms with van der Waals surface area (Å²) in [5.74, 6) is 0. The maximum absolute atomic E-state index is 6.21. The fourth-order valence-corrected chi connectivity index (χ4v) is 3.86. The molecule has 0 saturated heterocycles. The Morgan fingerprint density at radius 3 is 1.70 bits per heavy atom. The van der Waals surface area contributed by atoms with Crippen molar-refractivity contribution in [2.24, 2.45) is 5.73 Å². The first-order valence-electron chi connectivity index (χ1n) is 8.97. The molecule has 3 N–H and O–H groups in total. The van der Waals surface area contributed by atoms with Crippen LogP contribution in [0, 0.1) is 0 Å². The zero-order chi connectivity index (χ0) is 14.1. The maximum Gasteiger partial charge on any atom is 0.0306 e. The second-order valence-corrected chi connectivity index (χ2v) is 6.95. The normalized spacial score (nSPS) is 26.1. The summed E-state index contributed by atoms with van der Waals surface area (Å²) < 4.78 is 0. The van der Waals surface area contributed by atoms with Gasteiger partial charge in [-0.15, -0.1) is 0 Å². The first-order valence-corrected chi connectivity index (χ1v) is 8.97. The minimum absolute atomic E-state index is 0.218. The predicted molar refractivity (Wildman–Crippen MR) is 87.9 cm³/mol. The second kappa shape index (κ2) is 8.84. The van der Waals surface area contributed by atoms with Crippen LogP contribution < -0.4 is 11.1 Å². The zero-order valence-corrected chi connectivity index (χ0v) is 13.2. The SMILES string of the molecule is NCC1(NC2CC=CC2)CCCCCCCCCCC1. The largest absolute Gasteiger partial charge is 0.329 e. The van der Waals surface area contributed by atoms with Gasteiger partial charge >= 0.3 is 0 Å². The van der Waals surface area contributed by atoms with E-state index >= 15 is 0 Å².